The third-order valence-electron chi connectivity index (χ3n) is 2.26. The first kappa shape index (κ1) is 10.5. The molecule has 80 valence electrons. The maximum Gasteiger partial charge on any atom is 0.177 e. The van der Waals surface area contributed by atoms with E-state index in [1.807, 2.05) is 17.0 Å². The van der Waals surface area contributed by atoms with Gasteiger partial charge in [0.15, 0.2) is 4.77 Å². The fourth-order valence-electron chi connectivity index (χ4n) is 1.36. The first-order valence-electron chi connectivity index (χ1n) is 4.49. The first-order valence-corrected chi connectivity index (χ1v) is 5.78. The number of aromatic amines is 1. The molecule has 0 aliphatic carbocycles. The topological polar surface area (TPSA) is 53.8 Å². The summed E-state index contributed by atoms with van der Waals surface area (Å²) in [5, 5.41) is 9.13. The highest BCUT2D eigenvalue weighted by Crippen LogP contribution is 2.15. The predicted molar refractivity (Wildman–Crippen MR) is 61.5 cm³/mol. The largest absolute Gasteiger partial charge is 0.390 e. The lowest BCUT2D eigenvalue weighted by molar-refractivity contribution is 0.271. The van der Waals surface area contributed by atoms with Crippen LogP contribution in [-0.4, -0.2) is 19.6 Å². The molecule has 0 radical (unpaired) electrons. The van der Waals surface area contributed by atoms with Crippen molar-refractivity contribution in [3.05, 3.63) is 32.7 Å². The van der Waals surface area contributed by atoms with E-state index in [1.165, 1.54) is 4.88 Å². The summed E-state index contributed by atoms with van der Waals surface area (Å²) in [5.74, 6) is 0. The van der Waals surface area contributed by atoms with Crippen LogP contribution in [0, 0.1) is 11.7 Å². The van der Waals surface area contributed by atoms with Gasteiger partial charge >= 0.3 is 0 Å². The molecule has 0 aromatic carbocycles. The van der Waals surface area contributed by atoms with E-state index in [0.29, 0.717) is 11.3 Å². The third-order valence-corrected chi connectivity index (χ3v) is 3.52. The van der Waals surface area contributed by atoms with E-state index in [0.717, 1.165) is 11.4 Å². The Labute approximate surface area is 96.2 Å². The maximum absolute atomic E-state index is 9.13. The van der Waals surface area contributed by atoms with E-state index >= 15 is 0 Å². The quantitative estimate of drug-likeness (QED) is 0.806. The number of hydrogen-bond acceptors (Lipinski definition) is 4. The summed E-state index contributed by atoms with van der Waals surface area (Å²) in [6.45, 7) is 2.64. The van der Waals surface area contributed by atoms with Crippen LogP contribution in [0.1, 0.15) is 16.3 Å². The number of H-pyrrole nitrogens is 1. The number of rotatable bonds is 3. The minimum Gasteiger partial charge on any atom is -0.390 e. The number of hydrogen-bond donors (Lipinski definition) is 2. The average Bonchev–Trinajstić information content (AvgIpc) is 2.77. The van der Waals surface area contributed by atoms with Crippen molar-refractivity contribution in [1.29, 1.82) is 0 Å². The first-order chi connectivity index (χ1) is 7.22. The second kappa shape index (κ2) is 4.26. The van der Waals surface area contributed by atoms with Crippen LogP contribution in [0.25, 0.3) is 0 Å². The normalized spacial score (nSPS) is 10.8. The van der Waals surface area contributed by atoms with Gasteiger partial charge in [0.05, 0.1) is 30.1 Å². The minimum absolute atomic E-state index is 0.00894. The van der Waals surface area contributed by atoms with Gasteiger partial charge in [-0.05, 0) is 19.1 Å². The highest BCUT2D eigenvalue weighted by molar-refractivity contribution is 7.71. The maximum atomic E-state index is 9.13. The summed E-state index contributed by atoms with van der Waals surface area (Å²) in [7, 11) is 0. The number of nitrogens with one attached hydrogen (secondary N) is 1. The molecular formula is C9H11N3OS2. The summed E-state index contributed by atoms with van der Waals surface area (Å²) in [6, 6.07) is 0. The molecule has 2 heterocycles. The molecule has 0 saturated heterocycles. The molecule has 0 spiro atoms. The highest BCUT2D eigenvalue weighted by Gasteiger charge is 2.07. The van der Waals surface area contributed by atoms with Crippen molar-refractivity contribution < 1.29 is 5.11 Å². The summed E-state index contributed by atoms with van der Waals surface area (Å²) >= 11 is 6.74. The molecule has 2 aromatic heterocycles. The zero-order valence-electron chi connectivity index (χ0n) is 8.23. The Balaban J connectivity index is 2.35. The molecule has 4 nitrogen and oxygen atoms in total. The molecular weight excluding hydrogens is 230 g/mol. The molecule has 0 unspecified atom stereocenters. The van der Waals surface area contributed by atoms with E-state index in [9.17, 15) is 0 Å². The standard InChI is InChI=1S/C9H11N3OS2/c1-6-8(15-5-11-6)3-12-7(4-13)2-10-9(12)14/h2,5,13H,3-4H2,1H3,(H,10,14). The van der Waals surface area contributed by atoms with E-state index in [2.05, 4.69) is 9.97 Å². The Bertz CT molecular complexity index is 511. The van der Waals surface area contributed by atoms with Crippen LogP contribution in [0.15, 0.2) is 11.7 Å². The Morgan fingerprint density at radius 1 is 1.67 bits per heavy atom. The van der Waals surface area contributed by atoms with Crippen molar-refractivity contribution in [3.8, 4) is 0 Å². The molecule has 0 fully saturated rings. The zero-order valence-corrected chi connectivity index (χ0v) is 9.86. The molecule has 2 N–H and O–H groups in total. The van der Waals surface area contributed by atoms with Crippen molar-refractivity contribution in [1.82, 2.24) is 14.5 Å². The highest BCUT2D eigenvalue weighted by atomic mass is 32.1. The number of aromatic nitrogens is 3. The molecule has 15 heavy (non-hydrogen) atoms. The van der Waals surface area contributed by atoms with Crippen LogP contribution in [0.2, 0.25) is 0 Å². The van der Waals surface area contributed by atoms with E-state index in [4.69, 9.17) is 17.3 Å². The van der Waals surface area contributed by atoms with Gasteiger partial charge in [0, 0.05) is 11.1 Å². The van der Waals surface area contributed by atoms with Crippen LogP contribution in [0.3, 0.4) is 0 Å². The van der Waals surface area contributed by atoms with Crippen molar-refractivity contribution in [2.75, 3.05) is 0 Å². The number of aryl methyl sites for hydroxylation is 1. The minimum atomic E-state index is -0.00894. The van der Waals surface area contributed by atoms with E-state index in [1.54, 1.807) is 17.5 Å². The molecule has 2 rings (SSSR count). The molecule has 0 atom stereocenters. The average molecular weight is 241 g/mol. The van der Waals surface area contributed by atoms with Gasteiger partial charge < -0.3 is 14.7 Å². The van der Waals surface area contributed by atoms with Gasteiger partial charge in [-0.1, -0.05) is 0 Å². The van der Waals surface area contributed by atoms with Crippen molar-refractivity contribution in [2.45, 2.75) is 20.1 Å². The molecule has 6 heteroatoms. The Morgan fingerprint density at radius 3 is 3.07 bits per heavy atom. The summed E-state index contributed by atoms with van der Waals surface area (Å²) in [6.07, 6.45) is 1.73. The second-order valence-electron chi connectivity index (χ2n) is 3.19. The SMILES string of the molecule is Cc1ncsc1Cn1c(CO)c[nH]c1=S. The van der Waals surface area contributed by atoms with Crippen LogP contribution in [0.5, 0.6) is 0 Å². The van der Waals surface area contributed by atoms with E-state index in [-0.39, 0.29) is 6.61 Å². The summed E-state index contributed by atoms with van der Waals surface area (Å²) in [5.41, 5.74) is 3.64. The van der Waals surface area contributed by atoms with Gasteiger partial charge in [0.1, 0.15) is 0 Å². The van der Waals surface area contributed by atoms with Crippen molar-refractivity contribution in [2.24, 2.45) is 0 Å². The zero-order chi connectivity index (χ0) is 10.8. The summed E-state index contributed by atoms with van der Waals surface area (Å²) < 4.78 is 2.52. The van der Waals surface area contributed by atoms with Gasteiger partial charge in [-0.3, -0.25) is 0 Å². The molecule has 0 saturated carbocycles. The molecule has 0 aliphatic rings. The number of aliphatic hydroxyl groups is 1. The molecule has 2 aromatic rings. The van der Waals surface area contributed by atoms with Gasteiger partial charge in [-0.15, -0.1) is 11.3 Å². The number of nitrogens with zero attached hydrogens (tertiary/aromatic N) is 2. The van der Waals surface area contributed by atoms with Crippen LogP contribution in [0.4, 0.5) is 0 Å². The Hall–Kier alpha value is -0.980. The molecule has 0 aliphatic heterocycles. The van der Waals surface area contributed by atoms with Crippen LogP contribution >= 0.6 is 23.6 Å². The van der Waals surface area contributed by atoms with Gasteiger partial charge in [0.2, 0.25) is 0 Å². The monoisotopic (exact) mass is 241 g/mol. The van der Waals surface area contributed by atoms with Gasteiger partial charge in [-0.25, -0.2) is 4.98 Å². The number of aliphatic hydroxyl groups excluding tert-OH is 1. The Morgan fingerprint density at radius 2 is 2.47 bits per heavy atom. The predicted octanol–water partition coefficient (Wildman–Crippen LogP) is 1.85. The fraction of sp³-hybridized carbons (Fsp3) is 0.333. The lowest BCUT2D eigenvalue weighted by Gasteiger charge is -2.04. The molecule has 0 bridgehead atoms. The van der Waals surface area contributed by atoms with Gasteiger partial charge in [-0.2, -0.15) is 0 Å². The van der Waals surface area contributed by atoms with Crippen LogP contribution in [-0.2, 0) is 13.2 Å². The van der Waals surface area contributed by atoms with Crippen molar-refractivity contribution in [3.63, 3.8) is 0 Å². The Kier molecular flexibility index (Phi) is 2.99. The number of imidazole rings is 1. The fourth-order valence-corrected chi connectivity index (χ4v) is 2.36. The van der Waals surface area contributed by atoms with Gasteiger partial charge in [0.25, 0.3) is 0 Å². The third kappa shape index (κ3) is 2.01. The van der Waals surface area contributed by atoms with Crippen LogP contribution < -0.4 is 0 Å². The summed E-state index contributed by atoms with van der Waals surface area (Å²) in [4.78, 5) is 8.27. The second-order valence-corrected chi connectivity index (χ2v) is 4.52. The number of thiazole rings is 1. The lowest BCUT2D eigenvalue weighted by atomic mass is 10.4. The van der Waals surface area contributed by atoms with E-state index < -0.39 is 0 Å². The molecule has 0 amide bonds. The van der Waals surface area contributed by atoms with Crippen molar-refractivity contribution >= 4 is 23.6 Å². The lowest BCUT2D eigenvalue weighted by Crippen LogP contribution is -2.04. The smallest absolute Gasteiger partial charge is 0.177 e.